The van der Waals surface area contributed by atoms with Gasteiger partial charge in [-0.3, -0.25) is 0 Å². The molecule has 6 nitrogen and oxygen atoms in total. The zero-order chi connectivity index (χ0) is 20.3. The van der Waals surface area contributed by atoms with Crippen LogP contribution in [0.3, 0.4) is 0 Å². The van der Waals surface area contributed by atoms with Gasteiger partial charge < -0.3 is 20.4 Å². The van der Waals surface area contributed by atoms with Gasteiger partial charge >= 0.3 is 0 Å². The van der Waals surface area contributed by atoms with Crippen molar-refractivity contribution >= 4 is 22.4 Å². The summed E-state index contributed by atoms with van der Waals surface area (Å²) >= 11 is 0. The van der Waals surface area contributed by atoms with E-state index in [1.165, 1.54) is 0 Å². The second kappa shape index (κ2) is 8.56. The quantitative estimate of drug-likeness (QED) is 0.714. The number of aliphatic imine (C=N–C) groups is 1. The summed E-state index contributed by atoms with van der Waals surface area (Å²) in [6.45, 7) is 8.76. The molecule has 1 aliphatic heterocycles. The first-order chi connectivity index (χ1) is 13.4. The highest BCUT2D eigenvalue weighted by Crippen LogP contribution is 2.32. The lowest BCUT2D eigenvalue weighted by molar-refractivity contribution is 0.0650. The number of anilines is 1. The maximum atomic E-state index is 14.3. The lowest BCUT2D eigenvalue weighted by Crippen LogP contribution is -2.23. The van der Waals surface area contributed by atoms with Gasteiger partial charge in [0, 0.05) is 31.6 Å². The van der Waals surface area contributed by atoms with E-state index in [4.69, 9.17) is 10.5 Å². The van der Waals surface area contributed by atoms with Crippen LogP contribution >= 0.6 is 0 Å². The fourth-order valence-corrected chi connectivity index (χ4v) is 3.39. The molecule has 3 atom stereocenters. The van der Waals surface area contributed by atoms with Crippen molar-refractivity contribution in [3.63, 3.8) is 0 Å². The number of hydrogen-bond acceptors (Lipinski definition) is 5. The van der Waals surface area contributed by atoms with Crippen LogP contribution in [0.4, 0.5) is 10.1 Å². The number of halogens is 1. The first-order valence-electron chi connectivity index (χ1n) is 9.54. The third-order valence-corrected chi connectivity index (χ3v) is 5.16. The molecule has 150 valence electrons. The molecule has 2 aromatic rings. The largest absolute Gasteiger partial charge is 0.384 e. The third-order valence-electron chi connectivity index (χ3n) is 5.16. The van der Waals surface area contributed by atoms with Crippen molar-refractivity contribution in [3.8, 4) is 0 Å². The van der Waals surface area contributed by atoms with Crippen molar-refractivity contribution in [2.24, 2.45) is 16.6 Å². The second-order valence-electron chi connectivity index (χ2n) is 7.18. The van der Waals surface area contributed by atoms with Crippen molar-refractivity contribution in [2.75, 3.05) is 25.1 Å². The van der Waals surface area contributed by atoms with Crippen LogP contribution in [0.15, 0.2) is 48.0 Å². The summed E-state index contributed by atoms with van der Waals surface area (Å²) in [7, 11) is 1.54. The van der Waals surface area contributed by atoms with Crippen LogP contribution in [0.1, 0.15) is 25.8 Å². The topological polar surface area (TPSA) is 79.5 Å². The monoisotopic (exact) mass is 385 g/mol. The van der Waals surface area contributed by atoms with E-state index in [0.29, 0.717) is 18.2 Å². The number of fused-ring (bicyclic) bond motifs is 1. The first kappa shape index (κ1) is 20.1. The normalized spacial score (nSPS) is 21.7. The van der Waals surface area contributed by atoms with Crippen LogP contribution < -0.4 is 10.6 Å². The zero-order valence-electron chi connectivity index (χ0n) is 16.7. The van der Waals surface area contributed by atoms with Crippen LogP contribution in [0, 0.1) is 5.92 Å². The second-order valence-corrected chi connectivity index (χ2v) is 7.18. The molecule has 3 heterocycles. The van der Waals surface area contributed by atoms with E-state index in [0.717, 1.165) is 28.7 Å². The fraction of sp³-hybridized carbons (Fsp3) is 0.429. The summed E-state index contributed by atoms with van der Waals surface area (Å²) in [5.74, 6) is 0.639. The van der Waals surface area contributed by atoms with Gasteiger partial charge in [0.25, 0.3) is 0 Å². The van der Waals surface area contributed by atoms with E-state index in [1.54, 1.807) is 13.3 Å². The van der Waals surface area contributed by atoms with Gasteiger partial charge in [-0.1, -0.05) is 32.9 Å². The summed E-state index contributed by atoms with van der Waals surface area (Å²) in [5, 5.41) is 0.889. The Morgan fingerprint density at radius 2 is 2.36 bits per heavy atom. The van der Waals surface area contributed by atoms with Gasteiger partial charge in [-0.15, -0.1) is 0 Å². The Morgan fingerprint density at radius 3 is 3.00 bits per heavy atom. The van der Waals surface area contributed by atoms with Gasteiger partial charge in [-0.05, 0) is 18.1 Å². The molecule has 3 unspecified atom stereocenters. The highest BCUT2D eigenvalue weighted by molar-refractivity contribution is 6.18. The fourth-order valence-electron chi connectivity index (χ4n) is 3.39. The highest BCUT2D eigenvalue weighted by atomic mass is 19.1. The Morgan fingerprint density at radius 1 is 1.57 bits per heavy atom. The van der Waals surface area contributed by atoms with E-state index in [9.17, 15) is 4.39 Å². The van der Waals surface area contributed by atoms with Gasteiger partial charge in [-0.2, -0.15) is 0 Å². The Bertz CT molecular complexity index is 903. The van der Waals surface area contributed by atoms with Crippen molar-refractivity contribution in [1.82, 2.24) is 9.97 Å². The lowest BCUT2D eigenvalue weighted by Gasteiger charge is -2.19. The summed E-state index contributed by atoms with van der Waals surface area (Å²) < 4.78 is 19.5. The van der Waals surface area contributed by atoms with Crippen LogP contribution in [0.2, 0.25) is 0 Å². The van der Waals surface area contributed by atoms with E-state index in [-0.39, 0.29) is 12.4 Å². The van der Waals surface area contributed by atoms with Crippen molar-refractivity contribution in [2.45, 2.75) is 32.5 Å². The summed E-state index contributed by atoms with van der Waals surface area (Å²) in [5.41, 5.74) is 8.96. The highest BCUT2D eigenvalue weighted by Gasteiger charge is 2.34. The minimum Gasteiger partial charge on any atom is -0.384 e. The Hall–Kier alpha value is -2.67. The first-order valence-corrected chi connectivity index (χ1v) is 9.54. The average molecular weight is 385 g/mol. The van der Waals surface area contributed by atoms with Crippen molar-refractivity contribution in [1.29, 1.82) is 0 Å². The zero-order valence-corrected chi connectivity index (χ0v) is 16.7. The molecule has 0 spiro atoms. The van der Waals surface area contributed by atoms with E-state index in [1.807, 2.05) is 23.2 Å². The molecule has 1 aliphatic rings. The number of rotatable bonds is 7. The van der Waals surface area contributed by atoms with Gasteiger partial charge in [0.05, 0.1) is 23.3 Å². The maximum Gasteiger partial charge on any atom is 0.145 e. The molecule has 2 aromatic heterocycles. The van der Waals surface area contributed by atoms with Crippen LogP contribution in [-0.4, -0.2) is 48.2 Å². The average Bonchev–Trinajstić information content (AvgIpc) is 3.27. The smallest absolute Gasteiger partial charge is 0.145 e. The molecule has 0 bridgehead atoms. The number of aromatic nitrogens is 2. The van der Waals surface area contributed by atoms with E-state index < -0.39 is 12.3 Å². The number of hydrogen-bond donors (Lipinski definition) is 2. The predicted molar refractivity (Wildman–Crippen MR) is 112 cm³/mol. The number of H-pyrrole nitrogens is 1. The third kappa shape index (κ3) is 4.09. The number of aromatic amines is 1. The molecule has 0 amide bonds. The predicted octanol–water partition coefficient (Wildman–Crippen LogP) is 3.56. The molecule has 0 radical (unpaired) electrons. The molecule has 0 aromatic carbocycles. The maximum absolute atomic E-state index is 14.3. The molecule has 3 rings (SSSR count). The Labute approximate surface area is 165 Å². The lowest BCUT2D eigenvalue weighted by atomic mass is 10.0. The molecule has 3 N–H and O–H groups in total. The van der Waals surface area contributed by atoms with Crippen LogP contribution in [0.25, 0.3) is 11.0 Å². The SMILES string of the molecule is C=C(N)/N=C(\C=C/C(C)CC)c1c[nH]c2nccc(N3CC(F)C(OC)C3)c12. The summed E-state index contributed by atoms with van der Waals surface area (Å²) in [4.78, 5) is 14.1. The number of pyridine rings is 1. The van der Waals surface area contributed by atoms with Crippen LogP contribution in [0.5, 0.6) is 0 Å². The Balaban J connectivity index is 2.08. The number of ether oxygens (including phenoxy) is 1. The number of nitrogens with one attached hydrogen (secondary N) is 1. The molecule has 28 heavy (non-hydrogen) atoms. The van der Waals surface area contributed by atoms with Crippen molar-refractivity contribution in [3.05, 3.63) is 48.6 Å². The van der Waals surface area contributed by atoms with Gasteiger partial charge in [0.1, 0.15) is 23.7 Å². The molecule has 7 heteroatoms. The molecule has 1 fully saturated rings. The van der Waals surface area contributed by atoms with Crippen molar-refractivity contribution < 1.29 is 9.13 Å². The number of allylic oxidation sites excluding steroid dienone is 2. The number of alkyl halides is 1. The molecule has 0 saturated carbocycles. The molecular formula is C21H28FN5O. The van der Waals surface area contributed by atoms with Gasteiger partial charge in [0.15, 0.2) is 0 Å². The van der Waals surface area contributed by atoms with E-state index >= 15 is 0 Å². The van der Waals surface area contributed by atoms with E-state index in [2.05, 4.69) is 41.5 Å². The molecular weight excluding hydrogens is 357 g/mol. The minimum absolute atomic E-state index is 0.230. The molecule has 1 saturated heterocycles. The minimum atomic E-state index is -1.03. The van der Waals surface area contributed by atoms with Crippen LogP contribution in [-0.2, 0) is 4.74 Å². The number of nitrogens with two attached hydrogens (primary N) is 1. The number of nitrogens with zero attached hydrogens (tertiary/aromatic N) is 3. The Kier molecular flexibility index (Phi) is 6.14. The number of methoxy groups -OCH3 is 1. The molecule has 0 aliphatic carbocycles. The summed E-state index contributed by atoms with van der Waals surface area (Å²) in [6, 6.07) is 1.90. The summed E-state index contributed by atoms with van der Waals surface area (Å²) in [6.07, 6.45) is 7.21. The van der Waals surface area contributed by atoms with Gasteiger partial charge in [-0.25, -0.2) is 14.4 Å². The standard InChI is InChI=1S/C21H28FN5O/c1-5-13(2)6-7-17(26-14(3)23)15-10-25-21-20(15)18(8-9-24-21)27-11-16(22)19(12-27)28-4/h6-10,13,16,19H,3,5,11-12,23H2,1-2,4H3,(H,24,25)/b7-6-,26-17+. The van der Waals surface area contributed by atoms with Gasteiger partial charge in [0.2, 0.25) is 0 Å².